The molecule has 1 unspecified atom stereocenters. The summed E-state index contributed by atoms with van der Waals surface area (Å²) in [4.78, 5) is 0. The van der Waals surface area contributed by atoms with Crippen LogP contribution in [0.25, 0.3) is 0 Å². The maximum atomic E-state index is 10.5. The Morgan fingerprint density at radius 1 is 1.23 bits per heavy atom. The average molecular weight is 433 g/mol. The van der Waals surface area contributed by atoms with E-state index in [2.05, 4.69) is 32.6 Å². The van der Waals surface area contributed by atoms with Crippen molar-refractivity contribution in [1.29, 1.82) is 0 Å². The van der Waals surface area contributed by atoms with Crippen molar-refractivity contribution < 1.29 is 20.4 Å². The molecule has 3 aliphatic carbocycles. The Bertz CT molecular complexity index is 706. The predicted molar refractivity (Wildman–Crippen MR) is 125 cm³/mol. The maximum absolute atomic E-state index is 10.5. The third-order valence-corrected chi connectivity index (χ3v) is 8.57. The Morgan fingerprint density at radius 2 is 1.97 bits per heavy atom. The molecule has 7 atom stereocenters. The second-order valence-corrected chi connectivity index (χ2v) is 11.3. The van der Waals surface area contributed by atoms with Gasteiger partial charge in [0.1, 0.15) is 0 Å². The number of fused-ring (bicyclic) bond motifs is 1. The molecule has 0 heterocycles. The molecular formula is C27H44O4. The zero-order valence-corrected chi connectivity index (χ0v) is 19.8. The van der Waals surface area contributed by atoms with Crippen LogP contribution in [0.1, 0.15) is 85.0 Å². The largest absolute Gasteiger partial charge is 0.393 e. The fraction of sp³-hybridized carbons (Fsp3) is 0.778. The first kappa shape index (κ1) is 24.7. The lowest BCUT2D eigenvalue weighted by molar-refractivity contribution is -0.0439. The molecule has 0 aromatic heterocycles. The number of aliphatic hydroxyl groups excluding tert-OH is 3. The Hall–Kier alpha value is -0.940. The summed E-state index contributed by atoms with van der Waals surface area (Å²) in [6.45, 7) is 10.2. The van der Waals surface area contributed by atoms with Crippen LogP contribution in [0, 0.1) is 23.2 Å². The molecule has 31 heavy (non-hydrogen) atoms. The third kappa shape index (κ3) is 5.71. The predicted octanol–water partition coefficient (Wildman–Crippen LogP) is 4.68. The van der Waals surface area contributed by atoms with E-state index >= 15 is 0 Å². The fourth-order valence-corrected chi connectivity index (χ4v) is 6.86. The Labute approximate surface area is 188 Å². The molecule has 0 bridgehead atoms. The molecule has 3 saturated carbocycles. The lowest BCUT2D eigenvalue weighted by atomic mass is 9.60. The van der Waals surface area contributed by atoms with Gasteiger partial charge in [-0.3, -0.25) is 0 Å². The third-order valence-electron chi connectivity index (χ3n) is 8.57. The zero-order valence-electron chi connectivity index (χ0n) is 19.8. The topological polar surface area (TPSA) is 80.9 Å². The minimum Gasteiger partial charge on any atom is -0.393 e. The van der Waals surface area contributed by atoms with E-state index in [1.807, 2.05) is 0 Å². The molecule has 4 N–H and O–H groups in total. The highest BCUT2D eigenvalue weighted by Crippen LogP contribution is 2.60. The fourth-order valence-electron chi connectivity index (χ4n) is 6.86. The van der Waals surface area contributed by atoms with E-state index in [0.717, 1.165) is 25.7 Å². The molecule has 3 fully saturated rings. The summed E-state index contributed by atoms with van der Waals surface area (Å²) in [7, 11) is 0. The number of rotatable bonds is 7. The number of aliphatic hydroxyl groups is 4. The molecule has 0 amide bonds. The summed E-state index contributed by atoms with van der Waals surface area (Å²) in [5.74, 6) is 1.53. The zero-order chi connectivity index (χ0) is 22.8. The average Bonchev–Trinajstić information content (AvgIpc) is 3.05. The highest BCUT2D eigenvalue weighted by Gasteiger charge is 2.50. The monoisotopic (exact) mass is 432 g/mol. The van der Waals surface area contributed by atoms with Gasteiger partial charge in [-0.1, -0.05) is 43.7 Å². The van der Waals surface area contributed by atoms with Gasteiger partial charge in [-0.15, -0.1) is 0 Å². The van der Waals surface area contributed by atoms with E-state index < -0.39 is 11.7 Å². The van der Waals surface area contributed by atoms with Crippen molar-refractivity contribution in [3.05, 3.63) is 35.5 Å². The van der Waals surface area contributed by atoms with Crippen molar-refractivity contribution in [2.75, 3.05) is 6.61 Å². The maximum Gasteiger partial charge on any atom is 0.0874 e. The molecule has 0 aromatic carbocycles. The van der Waals surface area contributed by atoms with Crippen molar-refractivity contribution in [2.24, 2.45) is 23.2 Å². The van der Waals surface area contributed by atoms with Crippen LogP contribution >= 0.6 is 0 Å². The molecule has 176 valence electrons. The van der Waals surface area contributed by atoms with Crippen molar-refractivity contribution in [1.82, 2.24) is 0 Å². The lowest BCUT2D eigenvalue weighted by Crippen LogP contribution is -2.38. The quantitative estimate of drug-likeness (QED) is 0.471. The molecule has 0 aliphatic heterocycles. The van der Waals surface area contributed by atoms with Gasteiger partial charge in [0, 0.05) is 6.42 Å². The Balaban J connectivity index is 1.70. The molecule has 0 saturated heterocycles. The standard InChI is InChI=1S/C27H44O4/c1-18-7-10-22(29)15-21(18)9-8-20-6-5-13-27(4)24(11-12-25(20)27)19(2)14-23(30)16-26(3,31)17-28/h8-9,19,22-25,28-31H,1,5-7,10-17H2,2-4H3/b20-8+,21-9-/t19-,22+,23+,24+,25-,26?,27+/m1/s1. The Morgan fingerprint density at radius 3 is 2.68 bits per heavy atom. The van der Waals surface area contributed by atoms with Gasteiger partial charge >= 0.3 is 0 Å². The van der Waals surface area contributed by atoms with Crippen LogP contribution in [0.2, 0.25) is 0 Å². The van der Waals surface area contributed by atoms with Gasteiger partial charge in [-0.2, -0.15) is 0 Å². The highest BCUT2D eigenvalue weighted by atomic mass is 16.3. The van der Waals surface area contributed by atoms with Crippen molar-refractivity contribution in [2.45, 2.75) is 103 Å². The first-order valence-corrected chi connectivity index (χ1v) is 12.3. The minimum atomic E-state index is -1.22. The normalized spacial score (nSPS) is 38.2. The number of hydrogen-bond acceptors (Lipinski definition) is 4. The van der Waals surface area contributed by atoms with Crippen molar-refractivity contribution in [3.63, 3.8) is 0 Å². The molecule has 3 aliphatic rings. The summed E-state index contributed by atoms with van der Waals surface area (Å²) in [6.07, 6.45) is 13.0. The van der Waals surface area contributed by atoms with Gasteiger partial charge in [0.2, 0.25) is 0 Å². The van der Waals surface area contributed by atoms with Gasteiger partial charge < -0.3 is 20.4 Å². The molecular weight excluding hydrogens is 388 g/mol. The van der Waals surface area contributed by atoms with E-state index in [1.165, 1.54) is 36.8 Å². The van der Waals surface area contributed by atoms with E-state index in [0.29, 0.717) is 24.2 Å². The first-order valence-electron chi connectivity index (χ1n) is 12.3. The van der Waals surface area contributed by atoms with Crippen LogP contribution in [0.4, 0.5) is 0 Å². The summed E-state index contributed by atoms with van der Waals surface area (Å²) >= 11 is 0. The van der Waals surface area contributed by atoms with Gasteiger partial charge in [-0.05, 0) is 93.5 Å². The van der Waals surface area contributed by atoms with Crippen LogP contribution in [0.5, 0.6) is 0 Å². The number of allylic oxidation sites excluding steroid dienone is 4. The SMILES string of the molecule is C=C1CC[C@H](O)C/C1=C/C=C1\CCC[C@]2(C)[C@@H]1CC[C@H]2[C@H](C)C[C@H](O)CC(C)(O)CO. The summed E-state index contributed by atoms with van der Waals surface area (Å²) in [5.41, 5.74) is 2.97. The highest BCUT2D eigenvalue weighted by molar-refractivity contribution is 5.36. The molecule has 4 nitrogen and oxygen atoms in total. The first-order chi connectivity index (χ1) is 14.6. The molecule has 0 radical (unpaired) electrons. The molecule has 3 rings (SSSR count). The Kier molecular flexibility index (Phi) is 7.89. The van der Waals surface area contributed by atoms with Gasteiger partial charge in [-0.25, -0.2) is 0 Å². The lowest BCUT2D eigenvalue weighted by Gasteiger charge is -2.44. The smallest absolute Gasteiger partial charge is 0.0874 e. The van der Waals surface area contributed by atoms with E-state index in [-0.39, 0.29) is 24.5 Å². The van der Waals surface area contributed by atoms with Crippen LogP contribution < -0.4 is 0 Å². The molecule has 0 aromatic rings. The van der Waals surface area contributed by atoms with Crippen LogP contribution in [-0.2, 0) is 0 Å². The summed E-state index contributed by atoms with van der Waals surface area (Å²) in [5, 5.41) is 40.0. The minimum absolute atomic E-state index is 0.217. The van der Waals surface area contributed by atoms with Crippen LogP contribution in [0.15, 0.2) is 35.5 Å². The van der Waals surface area contributed by atoms with Gasteiger partial charge in [0.15, 0.2) is 0 Å². The van der Waals surface area contributed by atoms with Crippen molar-refractivity contribution in [3.8, 4) is 0 Å². The number of hydrogen-bond donors (Lipinski definition) is 4. The van der Waals surface area contributed by atoms with E-state index in [4.69, 9.17) is 0 Å². The van der Waals surface area contributed by atoms with Crippen LogP contribution in [-0.4, -0.2) is 44.8 Å². The van der Waals surface area contributed by atoms with E-state index in [9.17, 15) is 20.4 Å². The summed E-state index contributed by atoms with van der Waals surface area (Å²) < 4.78 is 0. The van der Waals surface area contributed by atoms with Crippen LogP contribution in [0.3, 0.4) is 0 Å². The van der Waals surface area contributed by atoms with Gasteiger partial charge in [0.05, 0.1) is 24.4 Å². The van der Waals surface area contributed by atoms with Crippen molar-refractivity contribution >= 4 is 0 Å². The molecule has 0 spiro atoms. The van der Waals surface area contributed by atoms with E-state index in [1.54, 1.807) is 12.5 Å². The summed E-state index contributed by atoms with van der Waals surface area (Å²) in [6, 6.07) is 0. The second-order valence-electron chi connectivity index (χ2n) is 11.3. The molecule has 4 heteroatoms. The van der Waals surface area contributed by atoms with Gasteiger partial charge in [0.25, 0.3) is 0 Å². The second kappa shape index (κ2) is 9.91.